The Bertz CT molecular complexity index is 1020. The number of thioether (sulfide) groups is 1. The molecular weight excluding hydrogens is 426 g/mol. The Morgan fingerprint density at radius 3 is 2.84 bits per heavy atom. The summed E-state index contributed by atoms with van der Waals surface area (Å²) in [6.45, 7) is 1.31. The van der Waals surface area contributed by atoms with Crippen molar-refractivity contribution in [3.8, 4) is 0 Å². The van der Waals surface area contributed by atoms with Gasteiger partial charge in [-0.15, -0.1) is 0 Å². The summed E-state index contributed by atoms with van der Waals surface area (Å²) in [5, 5.41) is 24.8. The van der Waals surface area contributed by atoms with Gasteiger partial charge in [0.15, 0.2) is 34.7 Å². The minimum atomic E-state index is -1.24. The van der Waals surface area contributed by atoms with E-state index in [0.29, 0.717) is 35.4 Å². The number of hydrogen-bond acceptors (Lipinski definition) is 12. The molecule has 0 bridgehead atoms. The van der Waals surface area contributed by atoms with Gasteiger partial charge in [0, 0.05) is 19.0 Å². The van der Waals surface area contributed by atoms with E-state index in [9.17, 15) is 10.2 Å². The maximum absolute atomic E-state index is 10.6. The van der Waals surface area contributed by atoms with Crippen LogP contribution in [0.2, 0.25) is 0 Å². The lowest BCUT2D eigenvalue weighted by Crippen LogP contribution is -2.32. The van der Waals surface area contributed by atoms with Crippen molar-refractivity contribution in [2.24, 2.45) is 0 Å². The summed E-state index contributed by atoms with van der Waals surface area (Å²) in [4.78, 5) is 21.1. The second-order valence-corrected chi connectivity index (χ2v) is 7.98. The molecule has 31 heavy (non-hydrogen) atoms. The van der Waals surface area contributed by atoms with Gasteiger partial charge < -0.3 is 29.7 Å². The first-order valence-electron chi connectivity index (χ1n) is 9.75. The van der Waals surface area contributed by atoms with E-state index in [-0.39, 0.29) is 12.0 Å². The minimum absolute atomic E-state index is 0.148. The SMILES string of the molecule is O[C@@H]1[C@H](OCSc2ncccn2)O[C@@H](n2cnc3c(N[C@H]4CCOC4)ncnc32)[C@@H]1O. The molecule has 5 atom stereocenters. The van der Waals surface area contributed by atoms with Gasteiger partial charge in [0.1, 0.15) is 24.5 Å². The summed E-state index contributed by atoms with van der Waals surface area (Å²) < 4.78 is 18.4. The van der Waals surface area contributed by atoms with Crippen LogP contribution in [0.15, 0.2) is 36.3 Å². The zero-order valence-electron chi connectivity index (χ0n) is 16.3. The molecule has 2 aliphatic rings. The monoisotopic (exact) mass is 447 g/mol. The minimum Gasteiger partial charge on any atom is -0.385 e. The van der Waals surface area contributed by atoms with Crippen LogP contribution in [0.5, 0.6) is 0 Å². The van der Waals surface area contributed by atoms with Crippen molar-refractivity contribution < 1.29 is 24.4 Å². The Hall–Kier alpha value is -2.42. The molecular formula is C18H21N7O5S. The van der Waals surface area contributed by atoms with Gasteiger partial charge in [-0.05, 0) is 12.5 Å². The second-order valence-electron chi connectivity index (χ2n) is 7.09. The molecule has 5 heterocycles. The van der Waals surface area contributed by atoms with Crippen molar-refractivity contribution in [2.45, 2.75) is 42.3 Å². The molecule has 0 aromatic carbocycles. The van der Waals surface area contributed by atoms with Crippen LogP contribution in [-0.4, -0.2) is 83.4 Å². The Labute approximate surface area is 181 Å². The van der Waals surface area contributed by atoms with Crippen LogP contribution < -0.4 is 5.32 Å². The highest BCUT2D eigenvalue weighted by atomic mass is 32.2. The van der Waals surface area contributed by atoms with Gasteiger partial charge in [0.05, 0.1) is 19.0 Å². The van der Waals surface area contributed by atoms with Gasteiger partial charge in [-0.1, -0.05) is 11.8 Å². The van der Waals surface area contributed by atoms with Crippen molar-refractivity contribution in [2.75, 3.05) is 24.5 Å². The van der Waals surface area contributed by atoms with Crippen LogP contribution in [0, 0.1) is 0 Å². The summed E-state index contributed by atoms with van der Waals surface area (Å²) in [5.41, 5.74) is 1.02. The van der Waals surface area contributed by atoms with E-state index in [4.69, 9.17) is 14.2 Å². The maximum atomic E-state index is 10.6. The summed E-state index contributed by atoms with van der Waals surface area (Å²) in [6.07, 6.45) is 2.66. The molecule has 2 fully saturated rings. The predicted molar refractivity (Wildman–Crippen MR) is 108 cm³/mol. The molecule has 0 aliphatic carbocycles. The highest BCUT2D eigenvalue weighted by molar-refractivity contribution is 7.99. The normalized spacial score (nSPS) is 28.4. The number of anilines is 1. The van der Waals surface area contributed by atoms with E-state index in [0.717, 1.165) is 6.42 Å². The van der Waals surface area contributed by atoms with Crippen molar-refractivity contribution in [1.82, 2.24) is 29.5 Å². The van der Waals surface area contributed by atoms with Gasteiger partial charge in [-0.2, -0.15) is 0 Å². The second kappa shape index (κ2) is 8.98. The lowest BCUT2D eigenvalue weighted by Gasteiger charge is -2.16. The van der Waals surface area contributed by atoms with Crippen LogP contribution in [0.3, 0.4) is 0 Å². The standard InChI is InChI=1S/C18H21N7O5S/c26-12-13(27)17(29-9-31-18-19-3-1-4-20-18)30-16(12)25-8-23-11-14(21-7-22-15(11)25)24-10-2-5-28-6-10/h1,3-4,7-8,10,12-13,16-17,26-27H,2,5-6,9H2,(H,21,22,24)/t10-,12+,13-,16+,17+/m0/s1. The Kier molecular flexibility index (Phi) is 5.93. The van der Waals surface area contributed by atoms with Crippen LogP contribution in [0.25, 0.3) is 11.2 Å². The lowest BCUT2D eigenvalue weighted by atomic mass is 10.2. The molecule has 5 rings (SSSR count). The molecule has 13 heteroatoms. The average Bonchev–Trinajstić information content (AvgIpc) is 3.51. The van der Waals surface area contributed by atoms with E-state index in [1.807, 2.05) is 0 Å². The molecule has 0 amide bonds. The number of fused-ring (bicyclic) bond motifs is 1. The van der Waals surface area contributed by atoms with Crippen molar-refractivity contribution in [3.63, 3.8) is 0 Å². The number of aromatic nitrogens is 6. The van der Waals surface area contributed by atoms with Gasteiger partial charge >= 0.3 is 0 Å². The van der Waals surface area contributed by atoms with Crippen molar-refractivity contribution in [3.05, 3.63) is 31.1 Å². The quantitative estimate of drug-likeness (QED) is 0.257. The molecule has 0 unspecified atom stereocenters. The van der Waals surface area contributed by atoms with Crippen molar-refractivity contribution >= 4 is 28.7 Å². The Balaban J connectivity index is 1.29. The van der Waals surface area contributed by atoms with E-state index in [1.54, 1.807) is 23.0 Å². The van der Waals surface area contributed by atoms with Gasteiger partial charge in [0.2, 0.25) is 0 Å². The fourth-order valence-corrected chi connectivity index (χ4v) is 4.07. The molecule has 164 valence electrons. The number of hydrogen-bond donors (Lipinski definition) is 3. The molecule has 2 saturated heterocycles. The zero-order chi connectivity index (χ0) is 21.2. The van der Waals surface area contributed by atoms with Crippen molar-refractivity contribution in [1.29, 1.82) is 0 Å². The highest BCUT2D eigenvalue weighted by Crippen LogP contribution is 2.33. The van der Waals surface area contributed by atoms with Crippen LogP contribution in [0.4, 0.5) is 5.82 Å². The topological polar surface area (TPSA) is 150 Å². The Morgan fingerprint density at radius 2 is 2.03 bits per heavy atom. The fraction of sp³-hybridized carbons (Fsp3) is 0.500. The van der Waals surface area contributed by atoms with Crippen LogP contribution >= 0.6 is 11.8 Å². The van der Waals surface area contributed by atoms with Gasteiger partial charge in [0.25, 0.3) is 0 Å². The summed E-state index contributed by atoms with van der Waals surface area (Å²) >= 11 is 1.25. The average molecular weight is 447 g/mol. The molecule has 0 spiro atoms. The third-order valence-corrected chi connectivity index (χ3v) is 5.78. The van der Waals surface area contributed by atoms with E-state index in [1.165, 1.54) is 24.4 Å². The number of rotatable bonds is 7. The number of ether oxygens (including phenoxy) is 3. The third-order valence-electron chi connectivity index (χ3n) is 5.06. The number of nitrogens with one attached hydrogen (secondary N) is 1. The zero-order valence-corrected chi connectivity index (χ0v) is 17.1. The maximum Gasteiger partial charge on any atom is 0.189 e. The first-order valence-corrected chi connectivity index (χ1v) is 10.7. The number of nitrogens with zero attached hydrogens (tertiary/aromatic N) is 6. The first-order chi connectivity index (χ1) is 15.2. The van der Waals surface area contributed by atoms with Crippen LogP contribution in [0.1, 0.15) is 12.6 Å². The first kappa shape index (κ1) is 20.5. The lowest BCUT2D eigenvalue weighted by molar-refractivity contribution is -0.164. The molecule has 3 N–H and O–H groups in total. The summed E-state index contributed by atoms with van der Waals surface area (Å²) in [7, 11) is 0. The molecule has 2 aliphatic heterocycles. The smallest absolute Gasteiger partial charge is 0.189 e. The number of aliphatic hydroxyl groups excluding tert-OH is 2. The van der Waals surface area contributed by atoms with Gasteiger partial charge in [-0.3, -0.25) is 4.57 Å². The highest BCUT2D eigenvalue weighted by Gasteiger charge is 2.45. The van der Waals surface area contributed by atoms with Crippen LogP contribution in [-0.2, 0) is 14.2 Å². The van der Waals surface area contributed by atoms with E-state index >= 15 is 0 Å². The summed E-state index contributed by atoms with van der Waals surface area (Å²) in [6, 6.07) is 1.87. The predicted octanol–water partition coefficient (Wildman–Crippen LogP) is 0.160. The number of imidazole rings is 1. The van der Waals surface area contributed by atoms with Gasteiger partial charge in [-0.25, -0.2) is 24.9 Å². The fourth-order valence-electron chi connectivity index (χ4n) is 3.50. The molecule has 3 aromatic heterocycles. The molecule has 12 nitrogen and oxygen atoms in total. The van der Waals surface area contributed by atoms with E-state index in [2.05, 4.69) is 30.2 Å². The largest absolute Gasteiger partial charge is 0.385 e. The number of aliphatic hydroxyl groups is 2. The third kappa shape index (κ3) is 4.20. The molecule has 0 saturated carbocycles. The molecule has 0 radical (unpaired) electrons. The Morgan fingerprint density at radius 1 is 1.16 bits per heavy atom. The molecule has 3 aromatic rings. The van der Waals surface area contributed by atoms with E-state index < -0.39 is 24.7 Å². The summed E-state index contributed by atoms with van der Waals surface area (Å²) in [5.74, 6) is 0.731.